The van der Waals surface area contributed by atoms with Crippen molar-refractivity contribution in [2.45, 2.75) is 32.2 Å². The highest BCUT2D eigenvalue weighted by atomic mass is 14.6. The lowest BCUT2D eigenvalue weighted by atomic mass is 9.95. The van der Waals surface area contributed by atoms with Gasteiger partial charge in [0.1, 0.15) is 0 Å². The van der Waals surface area contributed by atoms with Crippen LogP contribution in [-0.2, 0) is 0 Å². The monoisotopic (exact) mass is 163 g/mol. The zero-order chi connectivity index (χ0) is 8.97. The molecule has 0 aliphatic rings. The van der Waals surface area contributed by atoms with Crippen LogP contribution in [0.25, 0.3) is 0 Å². The van der Waals surface area contributed by atoms with Gasteiger partial charge in [0.2, 0.25) is 0 Å². The second-order valence-corrected chi connectivity index (χ2v) is 3.52. The lowest BCUT2D eigenvalue weighted by Crippen LogP contribution is -2.17. The molecule has 1 aromatic rings. The quantitative estimate of drug-likeness (QED) is 0.728. The molecule has 0 fully saturated rings. The van der Waals surface area contributed by atoms with Gasteiger partial charge in [-0.05, 0) is 24.8 Å². The van der Waals surface area contributed by atoms with Gasteiger partial charge in [0, 0.05) is 6.04 Å². The molecule has 1 unspecified atom stereocenters. The highest BCUT2D eigenvalue weighted by Gasteiger charge is 2.06. The fraction of sp³-hybridized carbons (Fsp3) is 0.455. The van der Waals surface area contributed by atoms with E-state index < -0.39 is 0 Å². The molecule has 1 heteroatoms. The van der Waals surface area contributed by atoms with Gasteiger partial charge in [0.05, 0.1) is 0 Å². The van der Waals surface area contributed by atoms with Crippen LogP contribution in [0.5, 0.6) is 0 Å². The molecule has 0 bridgehead atoms. The zero-order valence-electron chi connectivity index (χ0n) is 7.83. The Bertz CT molecular complexity index is 216. The molecule has 1 nitrogen and oxygen atoms in total. The molecule has 12 heavy (non-hydrogen) atoms. The summed E-state index contributed by atoms with van der Waals surface area (Å²) in [5.41, 5.74) is 7.11. The molecule has 0 heterocycles. The van der Waals surface area contributed by atoms with Crippen LogP contribution in [-0.4, -0.2) is 6.04 Å². The van der Waals surface area contributed by atoms with Gasteiger partial charge in [-0.2, -0.15) is 0 Å². The Labute approximate surface area is 74.6 Å². The van der Waals surface area contributed by atoms with E-state index in [-0.39, 0.29) is 0 Å². The van der Waals surface area contributed by atoms with Crippen molar-refractivity contribution in [1.82, 2.24) is 0 Å². The second-order valence-electron chi connectivity index (χ2n) is 3.52. The highest BCUT2D eigenvalue weighted by Crippen LogP contribution is 2.18. The van der Waals surface area contributed by atoms with Crippen LogP contribution in [0.3, 0.4) is 0 Å². The standard InChI is InChI=1S/C11H17N/c1-9(8-10(2)12)11-6-4-3-5-7-11/h3-7,9-10H,8,12H2,1-2H3/t9?,10-/m1/s1. The minimum Gasteiger partial charge on any atom is -0.328 e. The summed E-state index contributed by atoms with van der Waals surface area (Å²) < 4.78 is 0. The van der Waals surface area contributed by atoms with E-state index >= 15 is 0 Å². The van der Waals surface area contributed by atoms with Crippen LogP contribution in [0.1, 0.15) is 31.7 Å². The molecular weight excluding hydrogens is 146 g/mol. The summed E-state index contributed by atoms with van der Waals surface area (Å²) in [7, 11) is 0. The first kappa shape index (κ1) is 9.27. The van der Waals surface area contributed by atoms with E-state index in [1.807, 2.05) is 6.07 Å². The summed E-state index contributed by atoms with van der Waals surface area (Å²) in [6.07, 6.45) is 1.06. The maximum Gasteiger partial charge on any atom is 0.00162 e. The van der Waals surface area contributed by atoms with Crippen molar-refractivity contribution in [3.05, 3.63) is 35.9 Å². The summed E-state index contributed by atoms with van der Waals surface area (Å²) in [5, 5.41) is 0. The average Bonchev–Trinajstić information content (AvgIpc) is 2.05. The van der Waals surface area contributed by atoms with Crippen LogP contribution < -0.4 is 5.73 Å². The third-order valence-corrected chi connectivity index (χ3v) is 2.09. The predicted octanol–water partition coefficient (Wildman–Crippen LogP) is 2.53. The lowest BCUT2D eigenvalue weighted by Gasteiger charge is -2.13. The van der Waals surface area contributed by atoms with Crippen molar-refractivity contribution >= 4 is 0 Å². The Kier molecular flexibility index (Phi) is 3.30. The highest BCUT2D eigenvalue weighted by molar-refractivity contribution is 5.18. The summed E-state index contributed by atoms with van der Waals surface area (Å²) in [6.45, 7) is 4.28. The molecule has 0 aliphatic heterocycles. The molecule has 0 radical (unpaired) electrons. The summed E-state index contributed by atoms with van der Waals surface area (Å²) in [4.78, 5) is 0. The van der Waals surface area contributed by atoms with Crippen molar-refractivity contribution in [2.24, 2.45) is 5.73 Å². The number of nitrogens with two attached hydrogens (primary N) is 1. The van der Waals surface area contributed by atoms with Crippen LogP contribution >= 0.6 is 0 Å². The van der Waals surface area contributed by atoms with Gasteiger partial charge in [-0.1, -0.05) is 37.3 Å². The van der Waals surface area contributed by atoms with Gasteiger partial charge in [0.25, 0.3) is 0 Å². The third kappa shape index (κ3) is 2.67. The summed E-state index contributed by atoms with van der Waals surface area (Å²) >= 11 is 0. The molecular formula is C11H17N. The molecule has 66 valence electrons. The van der Waals surface area contributed by atoms with E-state index in [2.05, 4.69) is 38.1 Å². The fourth-order valence-corrected chi connectivity index (χ4v) is 1.48. The van der Waals surface area contributed by atoms with Gasteiger partial charge < -0.3 is 5.73 Å². The van der Waals surface area contributed by atoms with Gasteiger partial charge >= 0.3 is 0 Å². The molecule has 1 rings (SSSR count). The molecule has 0 saturated carbocycles. The Balaban J connectivity index is 2.59. The second kappa shape index (κ2) is 4.27. The van der Waals surface area contributed by atoms with Crippen molar-refractivity contribution in [1.29, 1.82) is 0 Å². The maximum absolute atomic E-state index is 5.73. The van der Waals surface area contributed by atoms with Gasteiger partial charge in [-0.3, -0.25) is 0 Å². The lowest BCUT2D eigenvalue weighted by molar-refractivity contribution is 0.586. The molecule has 1 aromatic carbocycles. The Hall–Kier alpha value is -0.820. The van der Waals surface area contributed by atoms with Crippen LogP contribution in [0.15, 0.2) is 30.3 Å². The van der Waals surface area contributed by atoms with Gasteiger partial charge in [-0.15, -0.1) is 0 Å². The number of hydrogen-bond acceptors (Lipinski definition) is 1. The van der Waals surface area contributed by atoms with Crippen LogP contribution in [0, 0.1) is 0 Å². The first-order chi connectivity index (χ1) is 5.70. The van der Waals surface area contributed by atoms with Crippen molar-refractivity contribution in [3.63, 3.8) is 0 Å². The molecule has 2 atom stereocenters. The normalized spacial score (nSPS) is 15.6. The van der Waals surface area contributed by atoms with Crippen molar-refractivity contribution in [2.75, 3.05) is 0 Å². The Morgan fingerprint density at radius 3 is 2.25 bits per heavy atom. The summed E-state index contributed by atoms with van der Waals surface area (Å²) in [5.74, 6) is 0.575. The molecule has 2 N–H and O–H groups in total. The molecule has 0 aromatic heterocycles. The molecule has 0 saturated heterocycles. The molecule has 0 spiro atoms. The van der Waals surface area contributed by atoms with Crippen molar-refractivity contribution < 1.29 is 0 Å². The summed E-state index contributed by atoms with van der Waals surface area (Å²) in [6, 6.07) is 10.8. The van der Waals surface area contributed by atoms with E-state index in [0.29, 0.717) is 12.0 Å². The minimum atomic E-state index is 0.292. The topological polar surface area (TPSA) is 26.0 Å². The van der Waals surface area contributed by atoms with Gasteiger partial charge in [-0.25, -0.2) is 0 Å². The van der Waals surface area contributed by atoms with Gasteiger partial charge in [0.15, 0.2) is 0 Å². The fourth-order valence-electron chi connectivity index (χ4n) is 1.48. The number of rotatable bonds is 3. The molecule has 0 amide bonds. The Morgan fingerprint density at radius 1 is 1.17 bits per heavy atom. The zero-order valence-corrected chi connectivity index (χ0v) is 7.83. The van der Waals surface area contributed by atoms with E-state index in [1.165, 1.54) is 5.56 Å². The Morgan fingerprint density at radius 2 is 1.75 bits per heavy atom. The number of hydrogen-bond donors (Lipinski definition) is 1. The van der Waals surface area contributed by atoms with Crippen LogP contribution in [0.2, 0.25) is 0 Å². The third-order valence-electron chi connectivity index (χ3n) is 2.09. The van der Waals surface area contributed by atoms with E-state index in [0.717, 1.165) is 6.42 Å². The largest absolute Gasteiger partial charge is 0.328 e. The van der Waals surface area contributed by atoms with Crippen LogP contribution in [0.4, 0.5) is 0 Å². The first-order valence-corrected chi connectivity index (χ1v) is 4.50. The SMILES string of the molecule is CC(C[C@@H](C)N)c1ccccc1. The smallest absolute Gasteiger partial charge is 0.00162 e. The average molecular weight is 163 g/mol. The van der Waals surface area contributed by atoms with Crippen molar-refractivity contribution in [3.8, 4) is 0 Å². The first-order valence-electron chi connectivity index (χ1n) is 4.50. The molecule has 0 aliphatic carbocycles. The van der Waals surface area contributed by atoms with E-state index in [1.54, 1.807) is 0 Å². The predicted molar refractivity (Wildman–Crippen MR) is 53.1 cm³/mol. The minimum absolute atomic E-state index is 0.292. The van der Waals surface area contributed by atoms with E-state index in [9.17, 15) is 0 Å². The number of benzene rings is 1. The van der Waals surface area contributed by atoms with E-state index in [4.69, 9.17) is 5.73 Å². The maximum atomic E-state index is 5.73.